The molecule has 0 saturated heterocycles. The minimum Gasteiger partial charge on any atom is -0.493 e. The summed E-state index contributed by atoms with van der Waals surface area (Å²) in [6.45, 7) is 0. The molecule has 3 N–H and O–H groups in total. The Kier molecular flexibility index (Phi) is 6.29. The first-order valence-corrected chi connectivity index (χ1v) is 11.3. The van der Waals surface area contributed by atoms with Gasteiger partial charge in [0, 0.05) is 11.3 Å². The predicted molar refractivity (Wildman–Crippen MR) is 143 cm³/mol. The van der Waals surface area contributed by atoms with Crippen LogP contribution in [0.3, 0.4) is 0 Å². The third-order valence-electron chi connectivity index (χ3n) is 5.74. The predicted octanol–water partition coefficient (Wildman–Crippen LogP) is 4.33. The summed E-state index contributed by atoms with van der Waals surface area (Å²) in [7, 11) is 4.60. The lowest BCUT2D eigenvalue weighted by molar-refractivity contribution is 0.102. The first-order valence-electron chi connectivity index (χ1n) is 11.3. The van der Waals surface area contributed by atoms with Gasteiger partial charge in [-0.2, -0.15) is 9.78 Å². The van der Waals surface area contributed by atoms with Crippen molar-refractivity contribution >= 4 is 45.8 Å². The standard InChI is InChI=1S/C27H24N6O4/c1-35-20-13-16(14-21(36-2)24(20)37-3)15-29-33-25(28)22(27(34)30-17-9-5-4-6-10-17)23-26(33)32-19-12-8-7-11-18(19)31-23/h4-15H,28H2,1-3H3,(H,30,34)/b29-15-. The lowest BCUT2D eigenvalue weighted by atomic mass is 10.2. The Hall–Kier alpha value is -5.12. The molecule has 0 radical (unpaired) electrons. The van der Waals surface area contributed by atoms with Crippen LogP contribution in [0.5, 0.6) is 17.2 Å². The Labute approximate surface area is 212 Å². The third kappa shape index (κ3) is 4.36. The highest BCUT2D eigenvalue weighted by atomic mass is 16.5. The number of nitrogens with two attached hydrogens (primary N) is 1. The molecule has 5 rings (SSSR count). The number of methoxy groups -OCH3 is 3. The molecule has 0 spiro atoms. The van der Waals surface area contributed by atoms with E-state index in [1.165, 1.54) is 26.0 Å². The maximum absolute atomic E-state index is 13.3. The van der Waals surface area contributed by atoms with Crippen LogP contribution in [0.2, 0.25) is 0 Å². The number of carbonyl (C=O) groups excluding carboxylic acids is 1. The number of amides is 1. The van der Waals surface area contributed by atoms with Crippen molar-refractivity contribution < 1.29 is 19.0 Å². The largest absolute Gasteiger partial charge is 0.493 e. The molecule has 5 aromatic rings. The van der Waals surface area contributed by atoms with Gasteiger partial charge in [-0.1, -0.05) is 30.3 Å². The van der Waals surface area contributed by atoms with Gasteiger partial charge in [0.1, 0.15) is 16.9 Å². The molecule has 10 heteroatoms. The normalized spacial score (nSPS) is 11.2. The molecule has 0 aliphatic carbocycles. The Bertz CT molecular complexity index is 1620. The van der Waals surface area contributed by atoms with E-state index >= 15 is 0 Å². The van der Waals surface area contributed by atoms with E-state index in [0.717, 1.165) is 0 Å². The van der Waals surface area contributed by atoms with E-state index in [4.69, 9.17) is 29.9 Å². The molecule has 0 aliphatic heterocycles. The van der Waals surface area contributed by atoms with E-state index in [2.05, 4.69) is 10.4 Å². The van der Waals surface area contributed by atoms with Gasteiger partial charge in [0.25, 0.3) is 5.91 Å². The molecule has 37 heavy (non-hydrogen) atoms. The van der Waals surface area contributed by atoms with Crippen LogP contribution in [0.4, 0.5) is 11.5 Å². The molecule has 0 unspecified atom stereocenters. The van der Waals surface area contributed by atoms with Crippen LogP contribution >= 0.6 is 0 Å². The molecular weight excluding hydrogens is 472 g/mol. The van der Waals surface area contributed by atoms with Crippen LogP contribution in [-0.4, -0.2) is 48.1 Å². The minimum absolute atomic E-state index is 0.0995. The molecular formula is C27H24N6O4. The number of para-hydroxylation sites is 3. The molecule has 3 aromatic carbocycles. The highest BCUT2D eigenvalue weighted by Gasteiger charge is 2.24. The molecule has 0 atom stereocenters. The van der Waals surface area contributed by atoms with E-state index in [9.17, 15) is 4.79 Å². The molecule has 2 heterocycles. The molecule has 186 valence electrons. The van der Waals surface area contributed by atoms with Crippen molar-refractivity contribution in [1.82, 2.24) is 14.6 Å². The number of fused-ring (bicyclic) bond motifs is 2. The summed E-state index contributed by atoms with van der Waals surface area (Å²) in [4.78, 5) is 22.8. The smallest absolute Gasteiger partial charge is 0.261 e. The fraction of sp³-hybridized carbons (Fsp3) is 0.111. The number of benzene rings is 3. The van der Waals surface area contributed by atoms with Gasteiger partial charge in [-0.05, 0) is 36.4 Å². The third-order valence-corrected chi connectivity index (χ3v) is 5.74. The number of hydrogen-bond acceptors (Lipinski definition) is 8. The summed E-state index contributed by atoms with van der Waals surface area (Å²) < 4.78 is 17.7. The summed E-state index contributed by atoms with van der Waals surface area (Å²) in [5.41, 5.74) is 9.92. The fourth-order valence-electron chi connectivity index (χ4n) is 4.00. The molecule has 0 bridgehead atoms. The second-order valence-electron chi connectivity index (χ2n) is 7.98. The Morgan fingerprint density at radius 2 is 1.54 bits per heavy atom. The van der Waals surface area contributed by atoms with Gasteiger partial charge < -0.3 is 25.3 Å². The van der Waals surface area contributed by atoms with Crippen molar-refractivity contribution in [1.29, 1.82) is 0 Å². The van der Waals surface area contributed by atoms with Crippen molar-refractivity contribution in [3.8, 4) is 17.2 Å². The van der Waals surface area contributed by atoms with Gasteiger partial charge in [0.15, 0.2) is 17.1 Å². The first kappa shape index (κ1) is 23.6. The number of rotatable bonds is 7. The minimum atomic E-state index is -0.417. The fourth-order valence-corrected chi connectivity index (χ4v) is 4.00. The molecule has 2 aromatic heterocycles. The van der Waals surface area contributed by atoms with Crippen molar-refractivity contribution in [2.75, 3.05) is 32.4 Å². The van der Waals surface area contributed by atoms with E-state index in [1.54, 1.807) is 30.5 Å². The van der Waals surface area contributed by atoms with Gasteiger partial charge in [0.2, 0.25) is 5.75 Å². The van der Waals surface area contributed by atoms with Gasteiger partial charge in [-0.3, -0.25) is 4.79 Å². The zero-order chi connectivity index (χ0) is 25.9. The summed E-state index contributed by atoms with van der Waals surface area (Å²) in [6, 6.07) is 20.0. The number of hydrogen-bond donors (Lipinski definition) is 2. The lowest BCUT2D eigenvalue weighted by Gasteiger charge is -2.12. The number of aromatic nitrogens is 3. The zero-order valence-electron chi connectivity index (χ0n) is 20.4. The van der Waals surface area contributed by atoms with Gasteiger partial charge in [-0.15, -0.1) is 0 Å². The Morgan fingerprint density at radius 1 is 0.919 bits per heavy atom. The van der Waals surface area contributed by atoms with Crippen LogP contribution in [0, 0.1) is 0 Å². The van der Waals surface area contributed by atoms with Crippen molar-refractivity contribution in [3.05, 3.63) is 77.9 Å². The molecule has 0 saturated carbocycles. The SMILES string of the molecule is COc1cc(/C=N\n2c(N)c(C(=O)Nc3ccccc3)c3nc4ccccc4nc32)cc(OC)c1OC. The average molecular weight is 497 g/mol. The highest BCUT2D eigenvalue weighted by Crippen LogP contribution is 2.38. The number of ether oxygens (including phenoxy) is 3. The summed E-state index contributed by atoms with van der Waals surface area (Å²) in [5.74, 6) is 1.09. The van der Waals surface area contributed by atoms with Gasteiger partial charge in [0.05, 0.1) is 38.6 Å². The maximum atomic E-state index is 13.3. The lowest BCUT2D eigenvalue weighted by Crippen LogP contribution is -2.14. The van der Waals surface area contributed by atoms with E-state index in [0.29, 0.717) is 50.7 Å². The maximum Gasteiger partial charge on any atom is 0.261 e. The monoisotopic (exact) mass is 496 g/mol. The van der Waals surface area contributed by atoms with Gasteiger partial charge in [-0.25, -0.2) is 9.97 Å². The summed E-state index contributed by atoms with van der Waals surface area (Å²) in [6.07, 6.45) is 1.57. The first-order chi connectivity index (χ1) is 18.0. The topological polar surface area (TPSA) is 126 Å². The number of nitrogens with one attached hydrogen (secondary N) is 1. The van der Waals surface area contributed by atoms with Crippen LogP contribution in [0.25, 0.3) is 22.2 Å². The van der Waals surface area contributed by atoms with Crippen LogP contribution in [0.1, 0.15) is 15.9 Å². The second-order valence-corrected chi connectivity index (χ2v) is 7.98. The molecule has 10 nitrogen and oxygen atoms in total. The van der Waals surface area contributed by atoms with Crippen LogP contribution in [0.15, 0.2) is 71.8 Å². The molecule has 0 aliphatic rings. The zero-order valence-corrected chi connectivity index (χ0v) is 20.4. The average Bonchev–Trinajstić information content (AvgIpc) is 3.20. The molecule has 1 amide bonds. The summed E-state index contributed by atoms with van der Waals surface area (Å²) >= 11 is 0. The Morgan fingerprint density at radius 3 is 2.16 bits per heavy atom. The Balaban J connectivity index is 1.66. The second kappa shape index (κ2) is 9.86. The van der Waals surface area contributed by atoms with Crippen LogP contribution in [-0.2, 0) is 0 Å². The highest BCUT2D eigenvalue weighted by molar-refractivity contribution is 6.16. The number of nitrogen functional groups attached to an aromatic ring is 1. The van der Waals surface area contributed by atoms with Crippen molar-refractivity contribution in [2.45, 2.75) is 0 Å². The van der Waals surface area contributed by atoms with E-state index < -0.39 is 5.91 Å². The quantitative estimate of drug-likeness (QED) is 0.321. The number of anilines is 2. The van der Waals surface area contributed by atoms with Gasteiger partial charge >= 0.3 is 0 Å². The van der Waals surface area contributed by atoms with Crippen LogP contribution < -0.4 is 25.3 Å². The number of nitrogens with zero attached hydrogens (tertiary/aromatic N) is 4. The summed E-state index contributed by atoms with van der Waals surface area (Å²) in [5, 5.41) is 7.43. The van der Waals surface area contributed by atoms with Crippen molar-refractivity contribution in [2.24, 2.45) is 5.10 Å². The van der Waals surface area contributed by atoms with E-state index in [-0.39, 0.29) is 11.4 Å². The number of carbonyl (C=O) groups is 1. The molecule has 0 fully saturated rings. The van der Waals surface area contributed by atoms with Crippen molar-refractivity contribution in [3.63, 3.8) is 0 Å². The van der Waals surface area contributed by atoms with E-state index in [1.807, 2.05) is 42.5 Å².